The molecule has 4 aromatic carbocycles. The van der Waals surface area contributed by atoms with E-state index in [4.69, 9.17) is 26.7 Å². The highest BCUT2D eigenvalue weighted by atomic mass is 35.5. The Morgan fingerprint density at radius 3 is 2.26 bits per heavy atom. The molecule has 1 atom stereocenters. The number of halogens is 1. The van der Waals surface area contributed by atoms with Crippen molar-refractivity contribution in [3.63, 3.8) is 0 Å². The summed E-state index contributed by atoms with van der Waals surface area (Å²) in [6.45, 7) is 3.52. The summed E-state index contributed by atoms with van der Waals surface area (Å²) in [6.07, 6.45) is 0. The number of aryl methyl sites for hydroxylation is 1. The molecule has 0 saturated heterocycles. The molecule has 42 heavy (non-hydrogen) atoms. The van der Waals surface area contributed by atoms with E-state index < -0.39 is 0 Å². The van der Waals surface area contributed by atoms with E-state index in [0.29, 0.717) is 16.7 Å². The van der Waals surface area contributed by atoms with E-state index >= 15 is 0 Å². The minimum atomic E-state index is -0.238. The first-order chi connectivity index (χ1) is 20.5. The molecule has 0 radical (unpaired) electrons. The number of carbonyl (C=O) groups is 1. The molecule has 0 fully saturated rings. The fourth-order valence-electron chi connectivity index (χ4n) is 5.48. The van der Waals surface area contributed by atoms with Crippen LogP contribution in [0.1, 0.15) is 29.8 Å². The summed E-state index contributed by atoms with van der Waals surface area (Å²) < 4.78 is 1.90. The summed E-state index contributed by atoms with van der Waals surface area (Å²) >= 11 is 6.33. The first-order valence-corrected chi connectivity index (χ1v) is 13.9. The number of para-hydroxylation sites is 3. The third-order valence-electron chi connectivity index (χ3n) is 7.29. The van der Waals surface area contributed by atoms with Crippen molar-refractivity contribution < 1.29 is 4.79 Å². The summed E-state index contributed by atoms with van der Waals surface area (Å²) in [4.78, 5) is 24.0. The molecule has 0 unspecified atom stereocenters. The van der Waals surface area contributed by atoms with E-state index in [9.17, 15) is 4.79 Å². The van der Waals surface area contributed by atoms with E-state index in [1.165, 1.54) is 6.92 Å². The standard InChI is InChI=1S/C33H26ClN7O/c1-20-29-30(22-12-14-23(34)15-13-22)40-28-11-7-6-10-27(28)37-31(36-25-18-16-24(17-19-25)35-21(2)42)33(40)38-32(29)41(39-20)26-8-4-3-5-9-26/h3-19,30H,1-2H3,(H,35,42)(H,36,37)/t30-/m0/s1. The van der Waals surface area contributed by atoms with Crippen LogP contribution in [0.4, 0.5) is 28.6 Å². The van der Waals surface area contributed by atoms with Gasteiger partial charge in [-0.15, -0.1) is 0 Å². The van der Waals surface area contributed by atoms with Crippen molar-refractivity contribution >= 4 is 57.7 Å². The van der Waals surface area contributed by atoms with Crippen LogP contribution >= 0.6 is 11.6 Å². The number of fused-ring (bicyclic) bond motifs is 4. The molecule has 0 aliphatic carbocycles. The van der Waals surface area contributed by atoms with Gasteiger partial charge in [-0.05, 0) is 73.2 Å². The zero-order chi connectivity index (χ0) is 28.8. The fraction of sp³-hybridized carbons (Fsp3) is 0.0909. The molecule has 8 nitrogen and oxygen atoms in total. The summed E-state index contributed by atoms with van der Waals surface area (Å²) in [5.74, 6) is 1.90. The number of amidine groups is 2. The second-order valence-electron chi connectivity index (χ2n) is 10.2. The lowest BCUT2D eigenvalue weighted by Gasteiger charge is -2.40. The maximum atomic E-state index is 11.5. The van der Waals surface area contributed by atoms with Crippen molar-refractivity contribution in [3.8, 4) is 5.69 Å². The van der Waals surface area contributed by atoms with Gasteiger partial charge in [0.1, 0.15) is 0 Å². The van der Waals surface area contributed by atoms with Gasteiger partial charge in [-0.25, -0.2) is 14.7 Å². The minimum Gasteiger partial charge on any atom is -0.337 e. The molecule has 0 spiro atoms. The van der Waals surface area contributed by atoms with Gasteiger partial charge in [0.15, 0.2) is 17.5 Å². The van der Waals surface area contributed by atoms with Crippen molar-refractivity contribution in [1.82, 2.24) is 9.78 Å². The molecule has 5 aromatic rings. The molecule has 0 bridgehead atoms. The van der Waals surface area contributed by atoms with Crippen molar-refractivity contribution in [2.75, 3.05) is 15.5 Å². The Labute approximate surface area is 248 Å². The van der Waals surface area contributed by atoms with Crippen molar-refractivity contribution in [2.45, 2.75) is 19.9 Å². The van der Waals surface area contributed by atoms with Gasteiger partial charge in [0.05, 0.1) is 28.8 Å². The average Bonchev–Trinajstić information content (AvgIpc) is 3.34. The Hall–Kier alpha value is -5.21. The lowest BCUT2D eigenvalue weighted by molar-refractivity contribution is -0.114. The van der Waals surface area contributed by atoms with E-state index in [0.717, 1.165) is 51.1 Å². The Bertz CT molecular complexity index is 1880. The predicted octanol–water partition coefficient (Wildman–Crippen LogP) is 7.59. The second-order valence-corrected chi connectivity index (χ2v) is 10.6. The van der Waals surface area contributed by atoms with Gasteiger partial charge >= 0.3 is 0 Å². The van der Waals surface area contributed by atoms with Gasteiger partial charge in [0.25, 0.3) is 0 Å². The molecule has 7 rings (SSSR count). The van der Waals surface area contributed by atoms with Gasteiger partial charge in [-0.2, -0.15) is 5.10 Å². The highest BCUT2D eigenvalue weighted by Gasteiger charge is 2.41. The van der Waals surface area contributed by atoms with E-state index in [-0.39, 0.29) is 11.9 Å². The number of nitrogens with one attached hydrogen (secondary N) is 2. The zero-order valence-corrected chi connectivity index (χ0v) is 23.7. The minimum absolute atomic E-state index is 0.120. The monoisotopic (exact) mass is 571 g/mol. The van der Waals surface area contributed by atoms with Crippen LogP contribution in [-0.2, 0) is 4.79 Å². The largest absolute Gasteiger partial charge is 0.337 e. The van der Waals surface area contributed by atoms with Crippen LogP contribution in [0, 0.1) is 6.92 Å². The van der Waals surface area contributed by atoms with Gasteiger partial charge in [-0.1, -0.05) is 54.1 Å². The van der Waals surface area contributed by atoms with Crippen LogP contribution in [0.2, 0.25) is 5.02 Å². The Kier molecular flexibility index (Phi) is 6.32. The smallest absolute Gasteiger partial charge is 0.221 e. The number of aromatic nitrogens is 2. The first kappa shape index (κ1) is 25.7. The van der Waals surface area contributed by atoms with Crippen LogP contribution in [0.3, 0.4) is 0 Å². The number of rotatable bonds is 4. The number of aliphatic imine (C=N–C) groups is 2. The number of anilines is 3. The quantitative estimate of drug-likeness (QED) is 0.233. The number of nitrogens with zero attached hydrogens (tertiary/aromatic N) is 5. The number of hydrogen-bond acceptors (Lipinski definition) is 6. The molecular formula is C33H26ClN7O. The maximum Gasteiger partial charge on any atom is 0.221 e. The Morgan fingerprint density at radius 1 is 0.833 bits per heavy atom. The third-order valence-corrected chi connectivity index (χ3v) is 7.54. The highest BCUT2D eigenvalue weighted by Crippen LogP contribution is 2.48. The van der Waals surface area contributed by atoms with Gasteiger partial charge in [-0.3, -0.25) is 4.79 Å². The normalized spacial score (nSPS) is 15.1. The molecule has 2 aliphatic rings. The maximum absolute atomic E-state index is 11.5. The Morgan fingerprint density at radius 2 is 1.52 bits per heavy atom. The summed E-state index contributed by atoms with van der Waals surface area (Å²) in [7, 11) is 0. The van der Waals surface area contributed by atoms with Crippen molar-refractivity contribution in [3.05, 3.63) is 125 Å². The lowest BCUT2D eigenvalue weighted by atomic mass is 9.93. The Balaban J connectivity index is 1.43. The molecule has 2 aliphatic heterocycles. The van der Waals surface area contributed by atoms with Crippen LogP contribution in [0.15, 0.2) is 113 Å². The first-order valence-electron chi connectivity index (χ1n) is 13.6. The molecule has 0 saturated carbocycles. The average molecular weight is 572 g/mol. The molecule has 2 N–H and O–H groups in total. The zero-order valence-electron chi connectivity index (χ0n) is 22.9. The molecule has 1 aromatic heterocycles. The van der Waals surface area contributed by atoms with Crippen LogP contribution in [0.5, 0.6) is 0 Å². The van der Waals surface area contributed by atoms with Crippen LogP contribution in [0.25, 0.3) is 5.69 Å². The van der Waals surface area contributed by atoms with Crippen molar-refractivity contribution in [1.29, 1.82) is 0 Å². The number of carbonyl (C=O) groups excluding carboxylic acids is 1. The molecule has 206 valence electrons. The SMILES string of the molecule is CC(=O)Nc1ccc(NC2=Nc3ccccc3N3C2=Nc2c(c(C)nn2-c2ccccc2)[C@@H]3c2ccc(Cl)cc2)cc1. The van der Waals surface area contributed by atoms with Crippen LogP contribution < -0.4 is 15.5 Å². The van der Waals surface area contributed by atoms with Crippen molar-refractivity contribution in [2.24, 2.45) is 9.98 Å². The topological polar surface area (TPSA) is 86.9 Å². The van der Waals surface area contributed by atoms with E-state index in [2.05, 4.69) is 33.7 Å². The molecule has 3 heterocycles. The second kappa shape index (κ2) is 10.3. The lowest BCUT2D eigenvalue weighted by Crippen LogP contribution is -2.46. The fourth-order valence-corrected chi connectivity index (χ4v) is 5.61. The van der Waals surface area contributed by atoms with E-state index in [1.54, 1.807) is 0 Å². The molecule has 1 amide bonds. The van der Waals surface area contributed by atoms with Gasteiger partial charge < -0.3 is 15.5 Å². The predicted molar refractivity (Wildman–Crippen MR) is 169 cm³/mol. The van der Waals surface area contributed by atoms with Gasteiger partial charge in [0, 0.05) is 28.9 Å². The third kappa shape index (κ3) is 4.52. The molecular weight excluding hydrogens is 546 g/mol. The summed E-state index contributed by atoms with van der Waals surface area (Å²) in [5, 5.41) is 11.9. The highest BCUT2D eigenvalue weighted by molar-refractivity contribution is 6.51. The summed E-state index contributed by atoms with van der Waals surface area (Å²) in [5.41, 5.74) is 7.18. The number of hydrogen-bond donors (Lipinski definition) is 2. The number of amides is 1. The van der Waals surface area contributed by atoms with Crippen LogP contribution in [-0.4, -0.2) is 27.4 Å². The number of benzene rings is 4. The summed E-state index contributed by atoms with van der Waals surface area (Å²) in [6, 6.07) is 33.3. The molecule has 9 heteroatoms. The van der Waals surface area contributed by atoms with Gasteiger partial charge in [0.2, 0.25) is 5.91 Å². The van der Waals surface area contributed by atoms with E-state index in [1.807, 2.05) is 96.5 Å².